The van der Waals surface area contributed by atoms with E-state index in [-0.39, 0.29) is 6.61 Å². The van der Waals surface area contributed by atoms with Gasteiger partial charge in [0.2, 0.25) is 0 Å². The number of rotatable bonds is 6. The van der Waals surface area contributed by atoms with Crippen molar-refractivity contribution in [1.82, 2.24) is 0 Å². The lowest BCUT2D eigenvalue weighted by Gasteiger charge is -2.13. The van der Waals surface area contributed by atoms with E-state index in [1.54, 1.807) is 12.1 Å². The Balaban J connectivity index is 3.02. The number of ether oxygens (including phenoxy) is 2. The maximum atomic E-state index is 10.5. The summed E-state index contributed by atoms with van der Waals surface area (Å²) in [4.78, 5) is 10.5. The lowest BCUT2D eigenvalue weighted by molar-refractivity contribution is -0.139. The first-order chi connectivity index (χ1) is 8.08. The molecule has 94 valence electrons. The number of carboxylic acid groups (broad SMARTS) is 1. The van der Waals surface area contributed by atoms with Gasteiger partial charge in [-0.2, -0.15) is 0 Å². The van der Waals surface area contributed by atoms with Gasteiger partial charge < -0.3 is 19.7 Å². The Hall–Kier alpha value is -1.02. The number of benzene rings is 1. The zero-order valence-corrected chi connectivity index (χ0v) is 11.4. The summed E-state index contributed by atoms with van der Waals surface area (Å²) < 4.78 is 11.2. The molecule has 0 aromatic heterocycles. The summed E-state index contributed by atoms with van der Waals surface area (Å²) in [6.07, 6.45) is 0. The van der Waals surface area contributed by atoms with E-state index in [1.807, 2.05) is 29.5 Å². The van der Waals surface area contributed by atoms with Crippen molar-refractivity contribution in [2.45, 2.75) is 13.5 Å². The second-order valence-corrected chi connectivity index (χ2v) is 4.34. The predicted octanol–water partition coefficient (Wildman–Crippen LogP) is 1.65. The van der Waals surface area contributed by atoms with Crippen molar-refractivity contribution in [2.24, 2.45) is 0 Å². The highest BCUT2D eigenvalue weighted by Gasteiger charge is 2.13. The fraction of sp³-hybridized carbons (Fsp3) is 0.364. The lowest BCUT2D eigenvalue weighted by atomic mass is 10.2. The highest BCUT2D eigenvalue weighted by Crippen LogP contribution is 2.34. The minimum atomic E-state index is -1.05. The van der Waals surface area contributed by atoms with Crippen molar-refractivity contribution in [3.8, 4) is 11.5 Å². The smallest absolute Gasteiger partial charge is 0.341 e. The fourth-order valence-corrected chi connectivity index (χ4v) is 2.07. The van der Waals surface area contributed by atoms with E-state index < -0.39 is 12.6 Å². The second kappa shape index (κ2) is 6.65. The topological polar surface area (TPSA) is 76.0 Å². The largest absolute Gasteiger partial charge is 0.490 e. The summed E-state index contributed by atoms with van der Waals surface area (Å²) >= 11 is 2.01. The number of carbonyl (C=O) groups is 1. The van der Waals surface area contributed by atoms with Crippen LogP contribution in [0.5, 0.6) is 11.5 Å². The number of hydrogen-bond donors (Lipinski definition) is 2. The van der Waals surface area contributed by atoms with Crippen LogP contribution in [0.1, 0.15) is 12.5 Å². The zero-order valence-electron chi connectivity index (χ0n) is 9.27. The molecule has 1 rings (SSSR count). The molecular formula is C11H13IO5. The van der Waals surface area contributed by atoms with Gasteiger partial charge in [0, 0.05) is 0 Å². The molecule has 0 heterocycles. The van der Waals surface area contributed by atoms with Crippen molar-refractivity contribution in [1.29, 1.82) is 0 Å². The summed E-state index contributed by atoms with van der Waals surface area (Å²) in [7, 11) is 0. The minimum Gasteiger partial charge on any atom is -0.490 e. The highest BCUT2D eigenvalue weighted by molar-refractivity contribution is 14.1. The molecule has 0 unspecified atom stereocenters. The van der Waals surface area contributed by atoms with Gasteiger partial charge in [-0.05, 0) is 47.2 Å². The molecular weight excluding hydrogens is 339 g/mol. The molecule has 0 atom stereocenters. The third-order valence-corrected chi connectivity index (χ3v) is 2.69. The number of halogens is 1. The van der Waals surface area contributed by atoms with Gasteiger partial charge in [0.05, 0.1) is 16.8 Å². The summed E-state index contributed by atoms with van der Waals surface area (Å²) in [5.74, 6) is -0.203. The van der Waals surface area contributed by atoms with Crippen LogP contribution in [0.2, 0.25) is 0 Å². The van der Waals surface area contributed by atoms with Gasteiger partial charge in [-0.15, -0.1) is 0 Å². The van der Waals surface area contributed by atoms with Gasteiger partial charge in [-0.1, -0.05) is 0 Å². The van der Waals surface area contributed by atoms with Crippen molar-refractivity contribution in [2.75, 3.05) is 13.2 Å². The number of hydrogen-bond acceptors (Lipinski definition) is 4. The average molecular weight is 352 g/mol. The van der Waals surface area contributed by atoms with Crippen LogP contribution in [-0.4, -0.2) is 29.4 Å². The number of carboxylic acids is 1. The molecule has 0 fully saturated rings. The Morgan fingerprint density at radius 1 is 1.41 bits per heavy atom. The molecule has 0 radical (unpaired) electrons. The molecule has 1 aromatic carbocycles. The molecule has 6 heteroatoms. The molecule has 1 aromatic rings. The lowest BCUT2D eigenvalue weighted by Crippen LogP contribution is -2.11. The van der Waals surface area contributed by atoms with Gasteiger partial charge in [0.25, 0.3) is 0 Å². The molecule has 5 nitrogen and oxygen atoms in total. The van der Waals surface area contributed by atoms with Gasteiger partial charge in [-0.25, -0.2) is 4.79 Å². The van der Waals surface area contributed by atoms with Crippen molar-refractivity contribution < 1.29 is 24.5 Å². The van der Waals surface area contributed by atoms with Gasteiger partial charge in [-0.3, -0.25) is 0 Å². The zero-order chi connectivity index (χ0) is 12.8. The Morgan fingerprint density at radius 2 is 2.12 bits per heavy atom. The van der Waals surface area contributed by atoms with Crippen molar-refractivity contribution in [3.05, 3.63) is 21.3 Å². The van der Waals surface area contributed by atoms with Crippen LogP contribution >= 0.6 is 22.6 Å². The molecule has 0 saturated carbocycles. The quantitative estimate of drug-likeness (QED) is 0.762. The van der Waals surface area contributed by atoms with Crippen LogP contribution in [0, 0.1) is 3.57 Å². The van der Waals surface area contributed by atoms with E-state index in [9.17, 15) is 4.79 Å². The normalized spacial score (nSPS) is 10.1. The van der Waals surface area contributed by atoms with Gasteiger partial charge in [0.15, 0.2) is 18.1 Å². The summed E-state index contributed by atoms with van der Waals surface area (Å²) in [6.45, 7) is 1.73. The van der Waals surface area contributed by atoms with Crippen molar-refractivity contribution >= 4 is 28.6 Å². The highest BCUT2D eigenvalue weighted by atomic mass is 127. The minimum absolute atomic E-state index is 0.102. The Bertz CT molecular complexity index is 405. The molecule has 0 bridgehead atoms. The summed E-state index contributed by atoms with van der Waals surface area (Å²) in [6, 6.07) is 3.36. The second-order valence-electron chi connectivity index (χ2n) is 3.18. The molecule has 0 saturated heterocycles. The molecule has 0 spiro atoms. The van der Waals surface area contributed by atoms with E-state index in [1.165, 1.54) is 0 Å². The van der Waals surface area contributed by atoms with Crippen LogP contribution in [0.4, 0.5) is 0 Å². The molecule has 17 heavy (non-hydrogen) atoms. The Labute approximate surface area is 112 Å². The monoisotopic (exact) mass is 352 g/mol. The van der Waals surface area contributed by atoms with Gasteiger partial charge >= 0.3 is 5.97 Å². The van der Waals surface area contributed by atoms with Crippen LogP contribution in [0.3, 0.4) is 0 Å². The molecule has 0 aliphatic carbocycles. The standard InChI is InChI=1S/C11H13IO5/c1-2-16-9-4-7(5-13)3-8(12)11(9)17-6-10(14)15/h3-4,13H,2,5-6H2,1H3,(H,14,15). The third-order valence-electron chi connectivity index (χ3n) is 1.89. The Morgan fingerprint density at radius 3 is 2.65 bits per heavy atom. The van der Waals surface area contributed by atoms with Crippen LogP contribution in [-0.2, 0) is 11.4 Å². The first-order valence-electron chi connectivity index (χ1n) is 4.99. The Kier molecular flexibility index (Phi) is 5.49. The first-order valence-corrected chi connectivity index (χ1v) is 6.07. The van der Waals surface area contributed by atoms with E-state index >= 15 is 0 Å². The first kappa shape index (κ1) is 14.0. The van der Waals surface area contributed by atoms with E-state index in [0.29, 0.717) is 27.2 Å². The molecule has 0 aliphatic rings. The maximum absolute atomic E-state index is 10.5. The molecule has 0 aliphatic heterocycles. The fourth-order valence-electron chi connectivity index (χ4n) is 1.25. The van der Waals surface area contributed by atoms with E-state index in [2.05, 4.69) is 0 Å². The third kappa shape index (κ3) is 4.04. The molecule has 0 amide bonds. The number of aliphatic hydroxyl groups is 1. The SMILES string of the molecule is CCOc1cc(CO)cc(I)c1OCC(=O)O. The number of aliphatic carboxylic acids is 1. The average Bonchev–Trinajstić information content (AvgIpc) is 2.27. The predicted molar refractivity (Wildman–Crippen MR) is 69.4 cm³/mol. The van der Waals surface area contributed by atoms with E-state index in [4.69, 9.17) is 19.7 Å². The van der Waals surface area contributed by atoms with Crippen molar-refractivity contribution in [3.63, 3.8) is 0 Å². The van der Waals surface area contributed by atoms with Gasteiger partial charge in [0.1, 0.15) is 0 Å². The molecule has 2 N–H and O–H groups in total. The number of aliphatic hydroxyl groups excluding tert-OH is 1. The summed E-state index contributed by atoms with van der Waals surface area (Å²) in [5.41, 5.74) is 0.695. The van der Waals surface area contributed by atoms with Crippen LogP contribution in [0.15, 0.2) is 12.1 Å². The summed E-state index contributed by atoms with van der Waals surface area (Å²) in [5, 5.41) is 17.6. The van der Waals surface area contributed by atoms with E-state index in [0.717, 1.165) is 0 Å². The van der Waals surface area contributed by atoms with Crippen LogP contribution in [0.25, 0.3) is 0 Å². The van der Waals surface area contributed by atoms with Crippen LogP contribution < -0.4 is 9.47 Å². The maximum Gasteiger partial charge on any atom is 0.341 e.